The number of hydrogen-bond donors (Lipinski definition) is 2. The molecule has 3 aromatic rings. The van der Waals surface area contributed by atoms with Crippen molar-refractivity contribution in [3.8, 4) is 0 Å². The number of aliphatic hydroxyl groups excluding tert-OH is 1. The van der Waals surface area contributed by atoms with Gasteiger partial charge in [0.05, 0.1) is 31.8 Å². The van der Waals surface area contributed by atoms with Crippen molar-refractivity contribution in [3.05, 3.63) is 46.1 Å². The van der Waals surface area contributed by atoms with Crippen LogP contribution in [0, 0.1) is 5.92 Å². The van der Waals surface area contributed by atoms with Crippen LogP contribution in [0.25, 0.3) is 10.2 Å². The van der Waals surface area contributed by atoms with Crippen LogP contribution in [0.3, 0.4) is 0 Å². The van der Waals surface area contributed by atoms with Crippen LogP contribution in [0.15, 0.2) is 24.3 Å². The number of rotatable bonds is 5. The molecule has 1 saturated heterocycles. The van der Waals surface area contributed by atoms with E-state index in [4.69, 9.17) is 14.7 Å². The maximum atomic E-state index is 9.51. The van der Waals surface area contributed by atoms with Gasteiger partial charge in [0.2, 0.25) is 0 Å². The molecule has 1 fully saturated rings. The third-order valence-corrected chi connectivity index (χ3v) is 7.19. The number of fused-ring (bicyclic) bond motifs is 3. The van der Waals surface area contributed by atoms with E-state index in [-0.39, 0.29) is 6.61 Å². The van der Waals surface area contributed by atoms with Gasteiger partial charge >= 0.3 is 0 Å². The van der Waals surface area contributed by atoms with Crippen molar-refractivity contribution in [2.24, 2.45) is 5.92 Å². The Hall–Kier alpha value is -2.06. The Labute approximate surface area is 180 Å². The fourth-order valence-corrected chi connectivity index (χ4v) is 5.79. The van der Waals surface area contributed by atoms with Gasteiger partial charge in [-0.2, -0.15) is 0 Å². The van der Waals surface area contributed by atoms with Crippen molar-refractivity contribution in [3.63, 3.8) is 0 Å². The zero-order valence-corrected chi connectivity index (χ0v) is 18.2. The Balaban J connectivity index is 1.55. The molecule has 0 amide bonds. The lowest BCUT2D eigenvalue weighted by Gasteiger charge is -2.26. The minimum Gasteiger partial charge on any atom is -0.392 e. The normalized spacial score (nSPS) is 19.7. The number of hydrogen-bond acceptors (Lipinski definition) is 7. The van der Waals surface area contributed by atoms with Gasteiger partial charge < -0.3 is 15.2 Å². The SMILES string of the molecule is C[C@H]1CCc2c(sc3nc(CN4CCOCC4)nc(Nc4cccc(CO)c4)c23)C1. The van der Waals surface area contributed by atoms with E-state index in [9.17, 15) is 5.11 Å². The number of thiophene rings is 1. The highest BCUT2D eigenvalue weighted by Gasteiger charge is 2.24. The zero-order valence-electron chi connectivity index (χ0n) is 17.4. The summed E-state index contributed by atoms with van der Waals surface area (Å²) < 4.78 is 5.48. The molecule has 7 heteroatoms. The summed E-state index contributed by atoms with van der Waals surface area (Å²) in [4.78, 5) is 14.9. The van der Waals surface area contributed by atoms with Crippen molar-refractivity contribution in [2.45, 2.75) is 39.3 Å². The number of anilines is 2. The standard InChI is InChI=1S/C23H28N4O2S/c1-15-5-6-18-19(11-15)30-23-21(18)22(24-17-4-2-3-16(12-17)14-28)25-20(26-23)13-27-7-9-29-10-8-27/h2-4,12,15,28H,5-11,13-14H2,1H3,(H,24,25,26)/t15-/m0/s1. The molecule has 2 N–H and O–H groups in total. The molecule has 158 valence electrons. The number of benzene rings is 1. The first-order chi connectivity index (χ1) is 14.7. The summed E-state index contributed by atoms with van der Waals surface area (Å²) in [5.41, 5.74) is 3.26. The molecule has 1 aromatic carbocycles. The van der Waals surface area contributed by atoms with Gasteiger partial charge in [0.25, 0.3) is 0 Å². The van der Waals surface area contributed by atoms with Gasteiger partial charge in [-0.25, -0.2) is 9.97 Å². The van der Waals surface area contributed by atoms with Crippen LogP contribution < -0.4 is 5.32 Å². The number of nitrogens with zero attached hydrogens (tertiary/aromatic N) is 3. The third-order valence-electron chi connectivity index (χ3n) is 6.04. The second kappa shape index (κ2) is 8.59. The van der Waals surface area contributed by atoms with Crippen LogP contribution >= 0.6 is 11.3 Å². The van der Waals surface area contributed by atoms with E-state index in [0.29, 0.717) is 0 Å². The molecule has 0 radical (unpaired) electrons. The van der Waals surface area contributed by atoms with Crippen molar-refractivity contribution < 1.29 is 9.84 Å². The molecule has 30 heavy (non-hydrogen) atoms. The van der Waals surface area contributed by atoms with Crippen LogP contribution in [-0.4, -0.2) is 46.3 Å². The first-order valence-corrected chi connectivity index (χ1v) is 11.6. The largest absolute Gasteiger partial charge is 0.392 e. The van der Waals surface area contributed by atoms with Gasteiger partial charge in [-0.05, 0) is 48.4 Å². The minimum atomic E-state index is 0.0305. The second-order valence-electron chi connectivity index (χ2n) is 8.39. The van der Waals surface area contributed by atoms with E-state index >= 15 is 0 Å². The Kier molecular flexibility index (Phi) is 5.69. The number of ether oxygens (including phenoxy) is 1. The number of aromatic nitrogens is 2. The van der Waals surface area contributed by atoms with E-state index in [0.717, 1.165) is 79.3 Å². The molecule has 0 bridgehead atoms. The van der Waals surface area contributed by atoms with Gasteiger partial charge in [-0.15, -0.1) is 11.3 Å². The summed E-state index contributed by atoms with van der Waals surface area (Å²) in [6, 6.07) is 7.90. The lowest BCUT2D eigenvalue weighted by molar-refractivity contribution is 0.0331. The Morgan fingerprint density at radius 1 is 1.27 bits per heavy atom. The summed E-state index contributed by atoms with van der Waals surface area (Å²) in [6.07, 6.45) is 3.44. The smallest absolute Gasteiger partial charge is 0.146 e. The number of nitrogens with one attached hydrogen (secondary N) is 1. The van der Waals surface area contributed by atoms with Crippen molar-refractivity contribution in [2.75, 3.05) is 31.6 Å². The number of morpholine rings is 1. The molecule has 0 saturated carbocycles. The first-order valence-electron chi connectivity index (χ1n) is 10.8. The Morgan fingerprint density at radius 3 is 2.97 bits per heavy atom. The lowest BCUT2D eigenvalue weighted by Crippen LogP contribution is -2.36. The highest BCUT2D eigenvalue weighted by Crippen LogP contribution is 2.40. The maximum absolute atomic E-state index is 9.51. The third kappa shape index (κ3) is 4.07. The summed E-state index contributed by atoms with van der Waals surface area (Å²) in [5, 5.41) is 14.2. The second-order valence-corrected chi connectivity index (χ2v) is 9.48. The van der Waals surface area contributed by atoms with E-state index in [1.54, 1.807) is 0 Å². The van der Waals surface area contributed by atoms with E-state index < -0.39 is 0 Å². The molecule has 6 nitrogen and oxygen atoms in total. The highest BCUT2D eigenvalue weighted by atomic mass is 32.1. The molecule has 0 spiro atoms. The summed E-state index contributed by atoms with van der Waals surface area (Å²) in [6.45, 7) is 6.48. The summed E-state index contributed by atoms with van der Waals surface area (Å²) >= 11 is 1.84. The average Bonchev–Trinajstić information content (AvgIpc) is 3.12. The van der Waals surface area contributed by atoms with Crippen molar-refractivity contribution in [1.82, 2.24) is 14.9 Å². The molecular formula is C23H28N4O2S. The van der Waals surface area contributed by atoms with E-state index in [1.165, 1.54) is 22.2 Å². The van der Waals surface area contributed by atoms with Gasteiger partial charge in [0.1, 0.15) is 16.5 Å². The fourth-order valence-electron chi connectivity index (χ4n) is 4.39. The van der Waals surface area contributed by atoms with Crippen molar-refractivity contribution >= 4 is 33.1 Å². The Morgan fingerprint density at radius 2 is 2.13 bits per heavy atom. The summed E-state index contributed by atoms with van der Waals surface area (Å²) in [7, 11) is 0. The molecule has 1 aliphatic carbocycles. The van der Waals surface area contributed by atoms with E-state index in [1.807, 2.05) is 35.6 Å². The lowest BCUT2D eigenvalue weighted by atomic mass is 9.89. The van der Waals surface area contributed by atoms with Gasteiger partial charge in [-0.3, -0.25) is 4.90 Å². The molecule has 0 unspecified atom stereocenters. The zero-order chi connectivity index (χ0) is 20.5. The van der Waals surface area contributed by atoms with Gasteiger partial charge in [0, 0.05) is 23.7 Å². The van der Waals surface area contributed by atoms with Crippen LogP contribution in [-0.2, 0) is 30.7 Å². The first kappa shape index (κ1) is 19.9. The van der Waals surface area contributed by atoms with Crippen LogP contribution in [0.4, 0.5) is 11.5 Å². The minimum absolute atomic E-state index is 0.0305. The van der Waals surface area contributed by atoms with Crippen LogP contribution in [0.1, 0.15) is 35.2 Å². The molecule has 1 aliphatic heterocycles. The number of aryl methyl sites for hydroxylation is 1. The fraction of sp³-hybridized carbons (Fsp3) is 0.478. The van der Waals surface area contributed by atoms with Crippen LogP contribution in [0.5, 0.6) is 0 Å². The molecule has 2 aliphatic rings. The molecule has 5 rings (SSSR count). The predicted molar refractivity (Wildman–Crippen MR) is 120 cm³/mol. The summed E-state index contributed by atoms with van der Waals surface area (Å²) in [5.74, 6) is 2.48. The predicted octanol–water partition coefficient (Wildman–Crippen LogP) is 3.88. The topological polar surface area (TPSA) is 70.5 Å². The monoisotopic (exact) mass is 424 g/mol. The molecular weight excluding hydrogens is 396 g/mol. The number of aliphatic hydroxyl groups is 1. The Bertz CT molecular complexity index is 1050. The molecule has 1 atom stereocenters. The van der Waals surface area contributed by atoms with Gasteiger partial charge in [0.15, 0.2) is 0 Å². The highest BCUT2D eigenvalue weighted by molar-refractivity contribution is 7.19. The quantitative estimate of drug-likeness (QED) is 0.648. The molecule has 2 aromatic heterocycles. The molecule has 3 heterocycles. The van der Waals surface area contributed by atoms with E-state index in [2.05, 4.69) is 17.1 Å². The average molecular weight is 425 g/mol. The van der Waals surface area contributed by atoms with Crippen LogP contribution in [0.2, 0.25) is 0 Å². The maximum Gasteiger partial charge on any atom is 0.146 e. The van der Waals surface area contributed by atoms with Crippen molar-refractivity contribution in [1.29, 1.82) is 0 Å². The van der Waals surface area contributed by atoms with Gasteiger partial charge in [-0.1, -0.05) is 19.1 Å².